The van der Waals surface area contributed by atoms with Gasteiger partial charge < -0.3 is 24.6 Å². The number of ether oxygens (including phenoxy) is 3. The number of carboxylic acids is 1. The summed E-state index contributed by atoms with van der Waals surface area (Å²) >= 11 is 0. The number of alkyl halides is 3. The van der Waals surface area contributed by atoms with E-state index >= 15 is 0 Å². The fourth-order valence-corrected chi connectivity index (χ4v) is 4.50. The number of fused-ring (bicyclic) bond motifs is 1. The van der Waals surface area contributed by atoms with Crippen molar-refractivity contribution in [3.05, 3.63) is 89.3 Å². The van der Waals surface area contributed by atoms with E-state index in [2.05, 4.69) is 5.32 Å². The molecule has 1 aliphatic heterocycles. The van der Waals surface area contributed by atoms with Crippen molar-refractivity contribution in [2.24, 2.45) is 0 Å². The van der Waals surface area contributed by atoms with E-state index in [0.29, 0.717) is 36.5 Å². The molecule has 9 heteroatoms. The zero-order chi connectivity index (χ0) is 26.6. The van der Waals surface area contributed by atoms with Crippen LogP contribution in [0.25, 0.3) is 10.8 Å². The third kappa shape index (κ3) is 5.83. The minimum absolute atomic E-state index is 0.220. The molecule has 1 unspecified atom stereocenters. The largest absolute Gasteiger partial charge is 0.493 e. The molecule has 3 aromatic rings. The predicted octanol–water partition coefficient (Wildman–Crippen LogP) is 5.99. The van der Waals surface area contributed by atoms with E-state index in [1.807, 2.05) is 36.4 Å². The van der Waals surface area contributed by atoms with Gasteiger partial charge in [-0.3, -0.25) is 0 Å². The van der Waals surface area contributed by atoms with Gasteiger partial charge in [-0.15, -0.1) is 0 Å². The Kier molecular flexibility index (Phi) is 7.63. The molecule has 0 aliphatic carbocycles. The summed E-state index contributed by atoms with van der Waals surface area (Å²) in [5, 5.41) is 14.3. The van der Waals surface area contributed by atoms with E-state index in [9.17, 15) is 23.1 Å². The first kappa shape index (κ1) is 26.3. The second-order valence-electron chi connectivity index (χ2n) is 8.89. The van der Waals surface area contributed by atoms with Gasteiger partial charge in [-0.1, -0.05) is 42.5 Å². The minimum atomic E-state index is -4.41. The van der Waals surface area contributed by atoms with Gasteiger partial charge in [-0.05, 0) is 42.5 Å². The number of benzene rings is 3. The van der Waals surface area contributed by atoms with E-state index in [4.69, 9.17) is 14.2 Å². The van der Waals surface area contributed by atoms with Crippen molar-refractivity contribution in [1.82, 2.24) is 5.32 Å². The van der Waals surface area contributed by atoms with E-state index in [1.54, 1.807) is 13.1 Å². The molecule has 196 valence electrons. The number of halogens is 3. The first-order chi connectivity index (χ1) is 17.6. The Morgan fingerprint density at radius 1 is 1.08 bits per heavy atom. The molecular formula is C28H28F3NO5. The van der Waals surface area contributed by atoms with Crippen molar-refractivity contribution in [2.75, 3.05) is 13.7 Å². The fourth-order valence-electron chi connectivity index (χ4n) is 4.50. The summed E-state index contributed by atoms with van der Waals surface area (Å²) in [5.41, 5.74) is -0.263. The summed E-state index contributed by atoms with van der Waals surface area (Å²) in [7, 11) is 1.37. The highest BCUT2D eigenvalue weighted by Gasteiger charge is 2.38. The van der Waals surface area contributed by atoms with Crippen molar-refractivity contribution < 1.29 is 37.3 Å². The quantitative estimate of drug-likeness (QED) is 0.323. The summed E-state index contributed by atoms with van der Waals surface area (Å²) in [6, 6.07) is 16.2. The monoisotopic (exact) mass is 515 g/mol. The van der Waals surface area contributed by atoms with Crippen molar-refractivity contribution in [3.63, 3.8) is 0 Å². The molecule has 0 spiro atoms. The van der Waals surface area contributed by atoms with E-state index in [-0.39, 0.29) is 6.42 Å². The number of allylic oxidation sites excluding steroid dienone is 1. The molecule has 6 nitrogen and oxygen atoms in total. The lowest BCUT2D eigenvalue weighted by Gasteiger charge is -2.31. The highest BCUT2D eigenvalue weighted by molar-refractivity contribution is 5.91. The van der Waals surface area contributed by atoms with Gasteiger partial charge in [-0.25, -0.2) is 4.79 Å². The molecule has 0 aromatic heterocycles. The van der Waals surface area contributed by atoms with Crippen LogP contribution in [0.3, 0.4) is 0 Å². The zero-order valence-corrected chi connectivity index (χ0v) is 20.5. The maximum atomic E-state index is 13.0. The smallest absolute Gasteiger partial charge is 0.416 e. The number of hydrogen-bond acceptors (Lipinski definition) is 5. The molecule has 3 aromatic carbocycles. The van der Waals surface area contributed by atoms with Gasteiger partial charge in [0.25, 0.3) is 0 Å². The van der Waals surface area contributed by atoms with E-state index in [0.717, 1.165) is 28.5 Å². The van der Waals surface area contributed by atoms with Crippen LogP contribution in [0, 0.1) is 0 Å². The third-order valence-electron chi connectivity index (χ3n) is 6.39. The van der Waals surface area contributed by atoms with Gasteiger partial charge in [0.05, 0.1) is 12.2 Å². The Hall–Kier alpha value is -3.72. The van der Waals surface area contributed by atoms with Crippen LogP contribution < -0.4 is 10.1 Å². The Bertz CT molecular complexity index is 1290. The fraction of sp³-hybridized carbons (Fsp3) is 0.321. The molecule has 0 amide bonds. The lowest BCUT2D eigenvalue weighted by molar-refractivity contribution is -0.148. The topological polar surface area (TPSA) is 77.0 Å². The summed E-state index contributed by atoms with van der Waals surface area (Å²) < 4.78 is 56.2. The van der Waals surface area contributed by atoms with Crippen LogP contribution in [0.5, 0.6) is 5.75 Å². The molecule has 1 heterocycles. The number of carbonyl (C=O) groups is 1. The molecule has 0 radical (unpaired) electrons. The standard InChI is InChI=1S/C28H28F3NO5/c1-18-17-32-27(37-18,20-9-11-21(12-10-20)28(29,30)31)14-5-15-36-24-13-8-19(16-25(35-2)26(33)34)22-6-3-4-7-23(22)24/h3-4,6-13,17,25,32H,5,14-16H2,1-2H3,(H,33,34)/t25-,27?/m0/s1. The van der Waals surface area contributed by atoms with Gasteiger partial charge in [0.1, 0.15) is 11.5 Å². The van der Waals surface area contributed by atoms with Crippen LogP contribution in [0.15, 0.2) is 72.6 Å². The van der Waals surface area contributed by atoms with Crippen molar-refractivity contribution in [3.8, 4) is 5.75 Å². The van der Waals surface area contributed by atoms with Crippen LogP contribution in [0.2, 0.25) is 0 Å². The third-order valence-corrected chi connectivity index (χ3v) is 6.39. The maximum absolute atomic E-state index is 13.0. The predicted molar refractivity (Wildman–Crippen MR) is 132 cm³/mol. The molecule has 0 bridgehead atoms. The van der Waals surface area contributed by atoms with E-state index < -0.39 is 29.5 Å². The SMILES string of the molecule is CO[C@@H](Cc1ccc(OCCCC2(c3ccc(C(F)(F)F)cc3)NC=C(C)O2)c2ccccc12)C(=O)O. The Morgan fingerprint density at radius 2 is 1.78 bits per heavy atom. The molecular weight excluding hydrogens is 487 g/mol. The van der Waals surface area contributed by atoms with Crippen LogP contribution >= 0.6 is 0 Å². The Balaban J connectivity index is 1.46. The first-order valence-electron chi connectivity index (χ1n) is 11.8. The van der Waals surface area contributed by atoms with Crippen LogP contribution in [-0.2, 0) is 32.6 Å². The number of nitrogens with one attached hydrogen (secondary N) is 1. The normalized spacial score (nSPS) is 18.1. The van der Waals surface area contributed by atoms with Gasteiger partial charge in [0, 0.05) is 37.1 Å². The Labute approximate surface area is 212 Å². The van der Waals surface area contributed by atoms with Gasteiger partial charge >= 0.3 is 12.1 Å². The molecule has 2 N–H and O–H groups in total. The molecule has 0 saturated heterocycles. The zero-order valence-electron chi connectivity index (χ0n) is 20.5. The number of aliphatic carboxylic acids is 1. The van der Waals surface area contributed by atoms with Crippen molar-refractivity contribution in [1.29, 1.82) is 0 Å². The number of hydrogen-bond donors (Lipinski definition) is 2. The maximum Gasteiger partial charge on any atom is 0.416 e. The lowest BCUT2D eigenvalue weighted by atomic mass is 9.96. The molecule has 0 fully saturated rings. The van der Waals surface area contributed by atoms with Crippen molar-refractivity contribution >= 4 is 16.7 Å². The van der Waals surface area contributed by atoms with Crippen LogP contribution in [0.4, 0.5) is 13.2 Å². The highest BCUT2D eigenvalue weighted by atomic mass is 19.4. The summed E-state index contributed by atoms with van der Waals surface area (Å²) in [5.74, 6) is 0.265. The van der Waals surface area contributed by atoms with Crippen LogP contribution in [-0.4, -0.2) is 30.9 Å². The highest BCUT2D eigenvalue weighted by Crippen LogP contribution is 2.37. The first-order valence-corrected chi connectivity index (χ1v) is 11.8. The number of carboxylic acid groups (broad SMARTS) is 1. The van der Waals surface area contributed by atoms with Gasteiger partial charge in [0.15, 0.2) is 6.10 Å². The second kappa shape index (κ2) is 10.7. The Morgan fingerprint density at radius 3 is 2.38 bits per heavy atom. The number of methoxy groups -OCH3 is 1. The average molecular weight is 516 g/mol. The molecule has 2 atom stereocenters. The molecule has 1 aliphatic rings. The van der Waals surface area contributed by atoms with E-state index in [1.165, 1.54) is 19.2 Å². The second-order valence-corrected chi connectivity index (χ2v) is 8.89. The number of rotatable bonds is 10. The molecule has 4 rings (SSSR count). The van der Waals surface area contributed by atoms with Gasteiger partial charge in [0.2, 0.25) is 5.72 Å². The van der Waals surface area contributed by atoms with Crippen molar-refractivity contribution in [2.45, 2.75) is 44.2 Å². The summed E-state index contributed by atoms with van der Waals surface area (Å²) in [6.45, 7) is 2.12. The lowest BCUT2D eigenvalue weighted by Crippen LogP contribution is -2.38. The van der Waals surface area contributed by atoms with Gasteiger partial charge in [-0.2, -0.15) is 13.2 Å². The molecule has 0 saturated carbocycles. The summed E-state index contributed by atoms with van der Waals surface area (Å²) in [4.78, 5) is 11.4. The molecule has 37 heavy (non-hydrogen) atoms. The minimum Gasteiger partial charge on any atom is -0.493 e. The van der Waals surface area contributed by atoms with Crippen LogP contribution in [0.1, 0.15) is 36.5 Å². The average Bonchev–Trinajstić information content (AvgIpc) is 3.26. The summed E-state index contributed by atoms with van der Waals surface area (Å²) in [6.07, 6.45) is -2.43.